The highest BCUT2D eigenvalue weighted by Gasteiger charge is 2.27. The normalized spacial score (nSPS) is 17.9. The Labute approximate surface area is 184 Å². The molecule has 3 heterocycles. The fourth-order valence-electron chi connectivity index (χ4n) is 4.01. The molecule has 6 nitrogen and oxygen atoms in total. The fourth-order valence-corrected chi connectivity index (χ4v) is 5.04. The van der Waals surface area contributed by atoms with E-state index in [-0.39, 0.29) is 17.9 Å². The molecule has 0 spiro atoms. The zero-order chi connectivity index (χ0) is 21.2. The van der Waals surface area contributed by atoms with Crippen molar-refractivity contribution in [3.8, 4) is 11.1 Å². The van der Waals surface area contributed by atoms with Crippen molar-refractivity contribution in [2.45, 2.75) is 31.9 Å². The van der Waals surface area contributed by atoms with Crippen molar-refractivity contribution in [1.29, 1.82) is 0 Å². The van der Waals surface area contributed by atoms with Crippen LogP contribution in [0.3, 0.4) is 0 Å². The summed E-state index contributed by atoms with van der Waals surface area (Å²) in [6, 6.07) is 17.9. The first-order chi connectivity index (χ1) is 15.2. The van der Waals surface area contributed by atoms with E-state index in [1.807, 2.05) is 47.4 Å². The Morgan fingerprint density at radius 3 is 2.58 bits per heavy atom. The summed E-state index contributed by atoms with van der Waals surface area (Å²) in [6.45, 7) is 1.77. The second-order valence-electron chi connectivity index (χ2n) is 7.80. The van der Waals surface area contributed by atoms with E-state index in [4.69, 9.17) is 4.74 Å². The average Bonchev–Trinajstić information content (AvgIpc) is 3.48. The summed E-state index contributed by atoms with van der Waals surface area (Å²) in [4.78, 5) is 32.8. The monoisotopic (exact) mass is 433 g/mol. The largest absolute Gasteiger partial charge is 0.368 e. The summed E-state index contributed by atoms with van der Waals surface area (Å²) in [5.41, 5.74) is 3.87. The molecule has 2 aromatic carbocycles. The SMILES string of the molecule is O=C(Nc1nc2c(s1)CN(C(=O)c1ccc(-c3ccccc3)cc1)CC2)C1CCCO1. The molecule has 7 heteroatoms. The number of fused-ring (bicyclic) bond motifs is 1. The molecule has 1 atom stereocenters. The molecule has 3 aromatic rings. The van der Waals surface area contributed by atoms with Gasteiger partial charge in [-0.25, -0.2) is 4.98 Å². The van der Waals surface area contributed by atoms with E-state index >= 15 is 0 Å². The number of benzene rings is 2. The average molecular weight is 434 g/mol. The smallest absolute Gasteiger partial charge is 0.255 e. The fraction of sp³-hybridized carbons (Fsp3) is 0.292. The molecule has 1 N–H and O–H groups in total. The van der Waals surface area contributed by atoms with Gasteiger partial charge in [-0.15, -0.1) is 0 Å². The lowest BCUT2D eigenvalue weighted by atomic mass is 10.0. The first-order valence-electron chi connectivity index (χ1n) is 10.5. The van der Waals surface area contributed by atoms with Gasteiger partial charge in [0.05, 0.1) is 12.2 Å². The van der Waals surface area contributed by atoms with Crippen LogP contribution in [0.25, 0.3) is 11.1 Å². The molecule has 31 heavy (non-hydrogen) atoms. The number of amides is 2. The van der Waals surface area contributed by atoms with E-state index in [1.54, 1.807) is 0 Å². The van der Waals surface area contributed by atoms with Crippen molar-refractivity contribution in [2.75, 3.05) is 18.5 Å². The van der Waals surface area contributed by atoms with E-state index in [0.29, 0.717) is 36.8 Å². The van der Waals surface area contributed by atoms with Crippen molar-refractivity contribution in [3.05, 3.63) is 70.7 Å². The number of nitrogens with one attached hydrogen (secondary N) is 1. The Morgan fingerprint density at radius 1 is 1.06 bits per heavy atom. The maximum Gasteiger partial charge on any atom is 0.255 e. The molecule has 5 rings (SSSR count). The van der Waals surface area contributed by atoms with Gasteiger partial charge < -0.3 is 9.64 Å². The van der Waals surface area contributed by atoms with Gasteiger partial charge in [0.25, 0.3) is 11.8 Å². The minimum Gasteiger partial charge on any atom is -0.368 e. The number of ether oxygens (including phenoxy) is 1. The first-order valence-corrected chi connectivity index (χ1v) is 11.3. The van der Waals surface area contributed by atoms with Crippen molar-refractivity contribution in [1.82, 2.24) is 9.88 Å². The number of hydrogen-bond acceptors (Lipinski definition) is 5. The van der Waals surface area contributed by atoms with Crippen LogP contribution in [0.5, 0.6) is 0 Å². The van der Waals surface area contributed by atoms with Crippen LogP contribution in [0.1, 0.15) is 33.8 Å². The third-order valence-corrected chi connectivity index (χ3v) is 6.71. The molecule has 0 aliphatic carbocycles. The van der Waals surface area contributed by atoms with Crippen molar-refractivity contribution in [3.63, 3.8) is 0 Å². The van der Waals surface area contributed by atoms with Crippen LogP contribution in [0.4, 0.5) is 5.13 Å². The molecular formula is C24H23N3O3S. The summed E-state index contributed by atoms with van der Waals surface area (Å²) >= 11 is 1.45. The lowest BCUT2D eigenvalue weighted by Crippen LogP contribution is -2.35. The van der Waals surface area contributed by atoms with Crippen LogP contribution >= 0.6 is 11.3 Å². The number of carbonyl (C=O) groups is 2. The van der Waals surface area contributed by atoms with Crippen LogP contribution in [0.15, 0.2) is 54.6 Å². The van der Waals surface area contributed by atoms with E-state index in [2.05, 4.69) is 22.4 Å². The highest BCUT2D eigenvalue weighted by molar-refractivity contribution is 7.15. The van der Waals surface area contributed by atoms with Gasteiger partial charge in [0, 0.05) is 30.0 Å². The van der Waals surface area contributed by atoms with Gasteiger partial charge in [0.2, 0.25) is 0 Å². The molecule has 1 aromatic heterocycles. The number of anilines is 1. The summed E-state index contributed by atoms with van der Waals surface area (Å²) in [6.07, 6.45) is 1.98. The van der Waals surface area contributed by atoms with Gasteiger partial charge in [0.15, 0.2) is 5.13 Å². The number of carbonyl (C=O) groups excluding carboxylic acids is 2. The van der Waals surface area contributed by atoms with Gasteiger partial charge in [-0.1, -0.05) is 53.8 Å². The predicted octanol–water partition coefficient (Wildman–Crippen LogP) is 4.13. The standard InChI is InChI=1S/C24H23N3O3S/c28-22(20-7-4-14-30-20)26-24-25-19-12-13-27(15-21(19)31-24)23(29)18-10-8-17(9-11-18)16-5-2-1-3-6-16/h1-3,5-6,8-11,20H,4,7,12-15H2,(H,25,26,28). The van der Waals surface area contributed by atoms with E-state index in [9.17, 15) is 9.59 Å². The Bertz CT molecular complexity index is 1090. The predicted molar refractivity (Wildman–Crippen MR) is 120 cm³/mol. The second kappa shape index (κ2) is 8.61. The van der Waals surface area contributed by atoms with Crippen molar-refractivity contribution in [2.24, 2.45) is 0 Å². The third-order valence-electron chi connectivity index (χ3n) is 5.71. The van der Waals surface area contributed by atoms with Gasteiger partial charge >= 0.3 is 0 Å². The summed E-state index contributed by atoms with van der Waals surface area (Å²) in [5.74, 6) is -0.112. The van der Waals surface area contributed by atoms with Gasteiger partial charge in [0.1, 0.15) is 6.10 Å². The molecule has 158 valence electrons. The zero-order valence-electron chi connectivity index (χ0n) is 17.0. The maximum absolute atomic E-state index is 13.0. The number of thiazole rings is 1. The van der Waals surface area contributed by atoms with Gasteiger partial charge in [-0.3, -0.25) is 14.9 Å². The molecular weight excluding hydrogens is 410 g/mol. The molecule has 0 saturated carbocycles. The highest BCUT2D eigenvalue weighted by Crippen LogP contribution is 2.30. The van der Waals surface area contributed by atoms with Gasteiger partial charge in [-0.2, -0.15) is 0 Å². The Balaban J connectivity index is 1.25. The molecule has 1 fully saturated rings. The third kappa shape index (κ3) is 4.24. The first kappa shape index (κ1) is 19.9. The Morgan fingerprint density at radius 2 is 1.84 bits per heavy atom. The van der Waals surface area contributed by atoms with Crippen molar-refractivity contribution >= 4 is 28.3 Å². The number of aromatic nitrogens is 1. The van der Waals surface area contributed by atoms with Crippen molar-refractivity contribution < 1.29 is 14.3 Å². The Kier molecular flexibility index (Phi) is 5.53. The molecule has 2 aliphatic rings. The minimum absolute atomic E-state index is 0.0172. The molecule has 2 aliphatic heterocycles. The second-order valence-corrected chi connectivity index (χ2v) is 8.88. The Hall–Kier alpha value is -3.03. The molecule has 0 radical (unpaired) electrons. The zero-order valence-corrected chi connectivity index (χ0v) is 17.9. The molecule has 1 unspecified atom stereocenters. The molecule has 1 saturated heterocycles. The molecule has 2 amide bonds. The van der Waals surface area contributed by atoms with E-state index in [1.165, 1.54) is 11.3 Å². The van der Waals surface area contributed by atoms with Crippen LogP contribution in [-0.4, -0.2) is 41.0 Å². The van der Waals surface area contributed by atoms with Crippen LogP contribution in [0, 0.1) is 0 Å². The minimum atomic E-state index is -0.377. The van der Waals surface area contributed by atoms with Crippen LogP contribution < -0.4 is 5.32 Å². The summed E-state index contributed by atoms with van der Waals surface area (Å²) < 4.78 is 5.43. The maximum atomic E-state index is 13.0. The number of hydrogen-bond donors (Lipinski definition) is 1. The van der Waals surface area contributed by atoms with Crippen LogP contribution in [0.2, 0.25) is 0 Å². The van der Waals surface area contributed by atoms with E-state index < -0.39 is 0 Å². The lowest BCUT2D eigenvalue weighted by Gasteiger charge is -2.26. The van der Waals surface area contributed by atoms with E-state index in [0.717, 1.165) is 34.5 Å². The van der Waals surface area contributed by atoms with Gasteiger partial charge in [-0.05, 0) is 36.1 Å². The highest BCUT2D eigenvalue weighted by atomic mass is 32.1. The van der Waals surface area contributed by atoms with Crippen LogP contribution in [-0.2, 0) is 22.5 Å². The summed E-state index contributed by atoms with van der Waals surface area (Å²) in [7, 11) is 0. The summed E-state index contributed by atoms with van der Waals surface area (Å²) in [5, 5.41) is 3.47. The number of rotatable bonds is 4. The molecule has 0 bridgehead atoms. The lowest BCUT2D eigenvalue weighted by molar-refractivity contribution is -0.124. The topological polar surface area (TPSA) is 71.5 Å². The number of nitrogens with zero attached hydrogens (tertiary/aromatic N) is 2. The quantitative estimate of drug-likeness (QED) is 0.672.